The van der Waals surface area contributed by atoms with Gasteiger partial charge in [-0.05, 0) is 44.3 Å². The molecule has 1 aromatic carbocycles. The van der Waals surface area contributed by atoms with Gasteiger partial charge in [-0.1, -0.05) is 0 Å². The zero-order valence-corrected chi connectivity index (χ0v) is 11.5. The van der Waals surface area contributed by atoms with E-state index in [1.807, 2.05) is 6.92 Å². The van der Waals surface area contributed by atoms with Crippen LogP contribution in [0.15, 0.2) is 18.2 Å². The number of rotatable bonds is 3. The summed E-state index contributed by atoms with van der Waals surface area (Å²) >= 11 is 5.26. The molecule has 0 saturated carbocycles. The summed E-state index contributed by atoms with van der Waals surface area (Å²) in [5.74, 6) is -0.0955. The van der Waals surface area contributed by atoms with Gasteiger partial charge in [0.15, 0.2) is 4.77 Å². The van der Waals surface area contributed by atoms with Crippen LogP contribution < -0.4 is 5.32 Å². The van der Waals surface area contributed by atoms with Crippen molar-refractivity contribution in [1.82, 2.24) is 14.9 Å². The maximum Gasteiger partial charge on any atom is 0.242 e. The van der Waals surface area contributed by atoms with Gasteiger partial charge in [-0.15, -0.1) is 0 Å². The third kappa shape index (κ3) is 2.37. The van der Waals surface area contributed by atoms with Crippen LogP contribution in [0.3, 0.4) is 0 Å². The van der Waals surface area contributed by atoms with E-state index in [1.165, 1.54) is 0 Å². The lowest BCUT2D eigenvalue weighted by Crippen LogP contribution is -2.30. The van der Waals surface area contributed by atoms with Crippen LogP contribution in [-0.2, 0) is 4.79 Å². The minimum Gasteiger partial charge on any atom is -0.355 e. The number of hydrogen-bond donors (Lipinski definition) is 2. The number of imidazole rings is 1. The van der Waals surface area contributed by atoms with E-state index in [-0.39, 0.29) is 5.91 Å². The number of nitriles is 1. The molecule has 1 aromatic heterocycles. The van der Waals surface area contributed by atoms with Crippen molar-refractivity contribution in [3.05, 3.63) is 28.5 Å². The Kier molecular flexibility index (Phi) is 3.67. The van der Waals surface area contributed by atoms with Crippen molar-refractivity contribution in [3.63, 3.8) is 0 Å². The fourth-order valence-corrected chi connectivity index (χ4v) is 2.38. The lowest BCUT2D eigenvalue weighted by Gasteiger charge is -2.13. The molecule has 2 aromatic rings. The number of amides is 1. The molecule has 1 atom stereocenters. The summed E-state index contributed by atoms with van der Waals surface area (Å²) in [6.07, 6.45) is 0. The Morgan fingerprint density at radius 2 is 2.37 bits per heavy atom. The fraction of sp³-hybridized carbons (Fsp3) is 0.308. The van der Waals surface area contributed by atoms with E-state index in [0.29, 0.717) is 16.9 Å². The molecule has 2 rings (SSSR count). The number of aromatic nitrogens is 2. The third-order valence-electron chi connectivity index (χ3n) is 2.96. The van der Waals surface area contributed by atoms with Gasteiger partial charge in [-0.25, -0.2) is 0 Å². The first-order chi connectivity index (χ1) is 9.08. The van der Waals surface area contributed by atoms with Gasteiger partial charge in [0.25, 0.3) is 0 Å². The number of H-pyrrole nitrogens is 1. The molecule has 0 radical (unpaired) electrons. The van der Waals surface area contributed by atoms with Crippen LogP contribution in [0.5, 0.6) is 0 Å². The van der Waals surface area contributed by atoms with Crippen LogP contribution in [0.25, 0.3) is 11.0 Å². The van der Waals surface area contributed by atoms with Gasteiger partial charge in [0, 0.05) is 6.54 Å². The van der Waals surface area contributed by atoms with Gasteiger partial charge in [0.1, 0.15) is 6.04 Å². The van der Waals surface area contributed by atoms with Crippen molar-refractivity contribution in [2.45, 2.75) is 19.9 Å². The van der Waals surface area contributed by atoms with Crippen molar-refractivity contribution in [3.8, 4) is 6.07 Å². The topological polar surface area (TPSA) is 73.6 Å². The second kappa shape index (κ2) is 5.24. The highest BCUT2D eigenvalue weighted by atomic mass is 32.1. The minimum atomic E-state index is -0.421. The Hall–Kier alpha value is -2.13. The smallest absolute Gasteiger partial charge is 0.242 e. The van der Waals surface area contributed by atoms with Gasteiger partial charge in [-0.3, -0.25) is 4.79 Å². The van der Waals surface area contributed by atoms with Crippen LogP contribution in [0.4, 0.5) is 0 Å². The monoisotopic (exact) mass is 274 g/mol. The molecular weight excluding hydrogens is 260 g/mol. The number of likely N-dealkylation sites (N-methyl/N-ethyl adjacent to an activating group) is 1. The fourth-order valence-electron chi connectivity index (χ4n) is 2.01. The van der Waals surface area contributed by atoms with Gasteiger partial charge in [-0.2, -0.15) is 5.26 Å². The van der Waals surface area contributed by atoms with Gasteiger partial charge in [0.05, 0.1) is 22.7 Å². The average molecular weight is 274 g/mol. The molecule has 0 bridgehead atoms. The van der Waals surface area contributed by atoms with E-state index in [0.717, 1.165) is 11.0 Å². The largest absolute Gasteiger partial charge is 0.355 e. The Morgan fingerprint density at radius 1 is 1.63 bits per heavy atom. The van der Waals surface area contributed by atoms with E-state index in [4.69, 9.17) is 17.5 Å². The van der Waals surface area contributed by atoms with Crippen LogP contribution in [0, 0.1) is 16.1 Å². The number of aromatic amines is 1. The van der Waals surface area contributed by atoms with E-state index >= 15 is 0 Å². The molecule has 0 aliphatic carbocycles. The summed E-state index contributed by atoms with van der Waals surface area (Å²) in [6.45, 7) is 4.22. The zero-order chi connectivity index (χ0) is 14.0. The Balaban J connectivity index is 2.59. The molecule has 19 heavy (non-hydrogen) atoms. The molecule has 98 valence electrons. The average Bonchev–Trinajstić information content (AvgIpc) is 2.72. The van der Waals surface area contributed by atoms with E-state index in [2.05, 4.69) is 16.4 Å². The summed E-state index contributed by atoms with van der Waals surface area (Å²) in [5.41, 5.74) is 2.13. The molecule has 2 N–H and O–H groups in total. The molecule has 1 unspecified atom stereocenters. The highest BCUT2D eigenvalue weighted by molar-refractivity contribution is 7.71. The second-order valence-corrected chi connectivity index (χ2v) is 4.60. The quantitative estimate of drug-likeness (QED) is 0.843. The van der Waals surface area contributed by atoms with Crippen molar-refractivity contribution in [2.24, 2.45) is 0 Å². The number of carbonyl (C=O) groups excluding carboxylic acids is 1. The van der Waals surface area contributed by atoms with Crippen LogP contribution >= 0.6 is 12.2 Å². The van der Waals surface area contributed by atoms with Gasteiger partial charge in [0.2, 0.25) is 5.91 Å². The highest BCUT2D eigenvalue weighted by Crippen LogP contribution is 2.20. The molecule has 0 aliphatic heterocycles. The maximum atomic E-state index is 11.9. The van der Waals surface area contributed by atoms with Crippen LogP contribution in [-0.4, -0.2) is 22.0 Å². The number of hydrogen-bond acceptors (Lipinski definition) is 3. The molecule has 5 nitrogen and oxygen atoms in total. The molecule has 6 heteroatoms. The molecule has 1 amide bonds. The predicted molar refractivity (Wildman–Crippen MR) is 75.2 cm³/mol. The predicted octanol–water partition coefficient (Wildman–Crippen LogP) is 2.27. The normalized spacial score (nSPS) is 12.1. The molecule has 0 aliphatic rings. The molecular formula is C13H14N4OS. The first kappa shape index (κ1) is 13.3. The Bertz CT molecular complexity index is 722. The van der Waals surface area contributed by atoms with Gasteiger partial charge < -0.3 is 14.9 Å². The maximum absolute atomic E-state index is 11.9. The van der Waals surface area contributed by atoms with Crippen LogP contribution in [0.1, 0.15) is 25.5 Å². The summed E-state index contributed by atoms with van der Waals surface area (Å²) < 4.78 is 2.21. The molecule has 0 saturated heterocycles. The SMILES string of the molecule is CCNC(=O)C(C)n1c(=S)[nH]c2ccc(C#N)cc21. The van der Waals surface area contributed by atoms with Gasteiger partial charge >= 0.3 is 0 Å². The van der Waals surface area contributed by atoms with Crippen molar-refractivity contribution in [2.75, 3.05) is 6.54 Å². The Morgan fingerprint density at radius 3 is 3.00 bits per heavy atom. The Labute approximate surface area is 115 Å². The third-order valence-corrected chi connectivity index (χ3v) is 3.26. The van der Waals surface area contributed by atoms with E-state index in [9.17, 15) is 4.79 Å². The number of nitrogens with one attached hydrogen (secondary N) is 2. The first-order valence-corrected chi connectivity index (χ1v) is 6.41. The molecule has 0 spiro atoms. The highest BCUT2D eigenvalue weighted by Gasteiger charge is 2.17. The number of fused-ring (bicyclic) bond motifs is 1. The first-order valence-electron chi connectivity index (χ1n) is 6.00. The molecule has 1 heterocycles. The van der Waals surface area contributed by atoms with E-state index < -0.39 is 6.04 Å². The summed E-state index contributed by atoms with van der Waals surface area (Å²) in [4.78, 5) is 15.0. The van der Waals surface area contributed by atoms with Crippen LogP contribution in [0.2, 0.25) is 0 Å². The van der Waals surface area contributed by atoms with Crippen molar-refractivity contribution in [1.29, 1.82) is 5.26 Å². The summed E-state index contributed by atoms with van der Waals surface area (Å²) in [6, 6.07) is 6.91. The lowest BCUT2D eigenvalue weighted by molar-refractivity contribution is -0.123. The number of benzene rings is 1. The van der Waals surface area contributed by atoms with Crippen molar-refractivity contribution >= 4 is 29.2 Å². The number of nitrogens with zero attached hydrogens (tertiary/aromatic N) is 2. The second-order valence-electron chi connectivity index (χ2n) is 4.21. The number of carbonyl (C=O) groups is 1. The zero-order valence-electron chi connectivity index (χ0n) is 10.7. The van der Waals surface area contributed by atoms with E-state index in [1.54, 1.807) is 29.7 Å². The van der Waals surface area contributed by atoms with Crippen molar-refractivity contribution < 1.29 is 4.79 Å². The lowest BCUT2D eigenvalue weighted by atomic mass is 10.2. The standard InChI is InChI=1S/C13H14N4OS/c1-3-15-12(18)8(2)17-11-6-9(7-14)4-5-10(11)16-13(17)19/h4-6,8H,3H2,1-2H3,(H,15,18)(H,16,19). The summed E-state index contributed by atoms with van der Waals surface area (Å²) in [7, 11) is 0. The summed E-state index contributed by atoms with van der Waals surface area (Å²) in [5, 5.41) is 11.7. The molecule has 0 fully saturated rings. The minimum absolute atomic E-state index is 0.0955.